The lowest BCUT2D eigenvalue weighted by Gasteiger charge is -2.30. The molecule has 138 valence electrons. The largest absolute Gasteiger partial charge is 0.395 e. The van der Waals surface area contributed by atoms with E-state index in [1.165, 1.54) is 0 Å². The Labute approximate surface area is 142 Å². The topological polar surface area (TPSA) is 116 Å². The van der Waals surface area contributed by atoms with Crippen LogP contribution < -0.4 is 11.1 Å². The third kappa shape index (κ3) is 9.70. The molecule has 0 aliphatic carbocycles. The van der Waals surface area contributed by atoms with E-state index in [9.17, 15) is 20.1 Å². The summed E-state index contributed by atoms with van der Waals surface area (Å²) in [6, 6.07) is -0.812. The molecule has 0 rings (SSSR count). The minimum absolute atomic E-state index is 0.0109. The van der Waals surface area contributed by atoms with Crippen molar-refractivity contribution >= 4 is 14.1 Å². The third-order valence-electron chi connectivity index (χ3n) is 3.70. The van der Waals surface area contributed by atoms with Gasteiger partial charge in [0.1, 0.15) is 12.5 Å². The molecule has 6 atom stereocenters. The molecule has 0 amide bonds. The summed E-state index contributed by atoms with van der Waals surface area (Å²) in [5.41, 5.74) is 5.28. The van der Waals surface area contributed by atoms with Gasteiger partial charge in [-0.15, -0.1) is 0 Å². The highest BCUT2D eigenvalue weighted by Gasteiger charge is 2.28. The van der Waals surface area contributed by atoms with E-state index < -0.39 is 18.5 Å². The Kier molecular flexibility index (Phi) is 11.4. The summed E-state index contributed by atoms with van der Waals surface area (Å²) in [5, 5.41) is 31.7. The van der Waals surface area contributed by atoms with E-state index in [0.717, 1.165) is 6.42 Å². The first-order chi connectivity index (χ1) is 10.6. The molecule has 0 aliphatic heterocycles. The van der Waals surface area contributed by atoms with Gasteiger partial charge in [0, 0.05) is 11.6 Å². The Morgan fingerprint density at radius 2 is 1.61 bits per heavy atom. The lowest BCUT2D eigenvalue weighted by Crippen LogP contribution is -2.54. The molecular weight excluding hydrogens is 315 g/mol. The second-order valence-corrected chi connectivity index (χ2v) is 8.69. The zero-order chi connectivity index (χ0) is 18.2. The van der Waals surface area contributed by atoms with Crippen molar-refractivity contribution in [3.05, 3.63) is 0 Å². The number of nitrogens with two attached hydrogens (primary N) is 1. The number of carbonyl (C=O) groups is 1. The molecule has 0 aromatic carbocycles. The molecule has 0 saturated carbocycles. The molecule has 7 heteroatoms. The minimum Gasteiger partial charge on any atom is -0.395 e. The smallest absolute Gasteiger partial charge is 0.154 e. The van der Waals surface area contributed by atoms with Crippen molar-refractivity contribution in [1.29, 1.82) is 0 Å². The van der Waals surface area contributed by atoms with Crippen molar-refractivity contribution < 1.29 is 20.1 Å². The van der Waals surface area contributed by atoms with Crippen molar-refractivity contribution in [2.24, 2.45) is 23.5 Å². The van der Waals surface area contributed by atoms with Crippen LogP contribution in [0.25, 0.3) is 0 Å². The molecule has 6 nitrogen and oxygen atoms in total. The molecule has 0 bridgehead atoms. The minimum atomic E-state index is -1.27. The molecular formula is C16H35N2O4P. The van der Waals surface area contributed by atoms with Crippen LogP contribution in [0.3, 0.4) is 0 Å². The van der Waals surface area contributed by atoms with Crippen LogP contribution in [0.2, 0.25) is 0 Å². The van der Waals surface area contributed by atoms with Crippen molar-refractivity contribution in [3.8, 4) is 0 Å². The van der Waals surface area contributed by atoms with E-state index in [2.05, 4.69) is 19.2 Å². The van der Waals surface area contributed by atoms with E-state index in [1.807, 2.05) is 20.8 Å². The second kappa shape index (κ2) is 11.5. The van der Waals surface area contributed by atoms with Gasteiger partial charge in [-0.05, 0) is 33.3 Å². The van der Waals surface area contributed by atoms with Gasteiger partial charge in [-0.2, -0.15) is 0 Å². The van der Waals surface area contributed by atoms with Crippen LogP contribution >= 0.6 is 8.58 Å². The second-order valence-electron chi connectivity index (χ2n) is 7.17. The molecule has 0 spiro atoms. The lowest BCUT2D eigenvalue weighted by molar-refractivity contribution is -0.114. The molecule has 6 unspecified atom stereocenters. The van der Waals surface area contributed by atoms with Gasteiger partial charge in [-0.25, -0.2) is 0 Å². The summed E-state index contributed by atoms with van der Waals surface area (Å²) in [6.07, 6.45) is -0.731. The molecule has 0 saturated heterocycles. The highest BCUT2D eigenvalue weighted by molar-refractivity contribution is 7.58. The standard InChI is InChI=1S/C16H35N2O4P/c1-9(2)6-11(5)16(22)23-13(7-10(3)4)15(21)18-12(8-19)14(17)20/h9-15,18-21,23H,6-8,17H2,1-5H3. The fourth-order valence-corrected chi connectivity index (χ4v) is 4.12. The zero-order valence-corrected chi connectivity index (χ0v) is 16.0. The quantitative estimate of drug-likeness (QED) is 0.263. The van der Waals surface area contributed by atoms with E-state index in [-0.39, 0.29) is 32.3 Å². The fraction of sp³-hybridized carbons (Fsp3) is 0.938. The van der Waals surface area contributed by atoms with Crippen LogP contribution in [0.4, 0.5) is 0 Å². The molecule has 0 aliphatic rings. The summed E-state index contributed by atoms with van der Waals surface area (Å²) in [4.78, 5) is 12.4. The number of hydrogen-bond acceptors (Lipinski definition) is 6. The molecule has 0 aromatic heterocycles. The van der Waals surface area contributed by atoms with Gasteiger partial charge < -0.3 is 21.1 Å². The maximum absolute atomic E-state index is 12.4. The van der Waals surface area contributed by atoms with Gasteiger partial charge in [-0.1, -0.05) is 34.6 Å². The summed E-state index contributed by atoms with van der Waals surface area (Å²) in [7, 11) is -0.0109. The SMILES string of the molecule is CC(C)CC(C)C(=O)PC(CC(C)C)C(O)NC(CO)C(N)O. The Hall–Kier alpha value is -0.100. The van der Waals surface area contributed by atoms with Crippen LogP contribution in [0.15, 0.2) is 0 Å². The van der Waals surface area contributed by atoms with Gasteiger partial charge in [0.25, 0.3) is 0 Å². The van der Waals surface area contributed by atoms with Crippen LogP contribution in [0.5, 0.6) is 0 Å². The van der Waals surface area contributed by atoms with E-state index in [0.29, 0.717) is 18.3 Å². The average Bonchev–Trinajstić information content (AvgIpc) is 2.41. The Morgan fingerprint density at radius 3 is 2.00 bits per heavy atom. The monoisotopic (exact) mass is 350 g/mol. The summed E-state index contributed by atoms with van der Waals surface area (Å²) in [6.45, 7) is 9.79. The van der Waals surface area contributed by atoms with E-state index in [4.69, 9.17) is 5.73 Å². The Bertz CT molecular complexity index is 340. The molecule has 23 heavy (non-hydrogen) atoms. The van der Waals surface area contributed by atoms with Gasteiger partial charge in [0.05, 0.1) is 12.6 Å². The number of carbonyl (C=O) groups excluding carboxylic acids is 1. The van der Waals surface area contributed by atoms with Crippen LogP contribution in [0.1, 0.15) is 47.5 Å². The van der Waals surface area contributed by atoms with Gasteiger partial charge in [-0.3, -0.25) is 10.1 Å². The highest BCUT2D eigenvalue weighted by atomic mass is 31.1. The predicted octanol–water partition coefficient (Wildman–Crippen LogP) is 0.834. The predicted molar refractivity (Wildman–Crippen MR) is 95.4 cm³/mol. The lowest BCUT2D eigenvalue weighted by atomic mass is 10.0. The number of rotatable bonds is 12. The van der Waals surface area contributed by atoms with Crippen molar-refractivity contribution in [1.82, 2.24) is 5.32 Å². The average molecular weight is 350 g/mol. The van der Waals surface area contributed by atoms with E-state index >= 15 is 0 Å². The van der Waals surface area contributed by atoms with Crippen molar-refractivity contribution in [2.75, 3.05) is 6.61 Å². The summed E-state index contributed by atoms with van der Waals surface area (Å²) >= 11 is 0. The Balaban J connectivity index is 4.82. The molecule has 0 heterocycles. The highest BCUT2D eigenvalue weighted by Crippen LogP contribution is 2.33. The van der Waals surface area contributed by atoms with Crippen LogP contribution in [-0.4, -0.2) is 51.6 Å². The first-order valence-corrected chi connectivity index (χ1v) is 9.45. The van der Waals surface area contributed by atoms with E-state index in [1.54, 1.807) is 0 Å². The number of nitrogens with one attached hydrogen (secondary N) is 1. The van der Waals surface area contributed by atoms with Crippen LogP contribution in [-0.2, 0) is 4.79 Å². The third-order valence-corrected chi connectivity index (χ3v) is 5.40. The maximum atomic E-state index is 12.4. The maximum Gasteiger partial charge on any atom is 0.154 e. The van der Waals surface area contributed by atoms with Gasteiger partial charge in [0.2, 0.25) is 0 Å². The normalized spacial score (nSPS) is 19.3. The first-order valence-electron chi connectivity index (χ1n) is 8.37. The van der Waals surface area contributed by atoms with Crippen molar-refractivity contribution in [2.45, 2.75) is 71.6 Å². The fourth-order valence-electron chi connectivity index (χ4n) is 2.51. The molecule has 0 radical (unpaired) electrons. The Morgan fingerprint density at radius 1 is 1.09 bits per heavy atom. The van der Waals surface area contributed by atoms with Gasteiger partial charge in [0.15, 0.2) is 5.52 Å². The van der Waals surface area contributed by atoms with Crippen LogP contribution in [0, 0.1) is 17.8 Å². The molecule has 0 fully saturated rings. The first kappa shape index (κ1) is 22.9. The number of hydrogen-bond donors (Lipinski definition) is 5. The summed E-state index contributed by atoms with van der Waals surface area (Å²) < 4.78 is 0. The number of aliphatic hydroxyl groups excluding tert-OH is 3. The number of aliphatic hydroxyl groups is 3. The van der Waals surface area contributed by atoms with Gasteiger partial charge >= 0.3 is 0 Å². The summed E-state index contributed by atoms with van der Waals surface area (Å²) in [5.74, 6) is 0.757. The molecule has 6 N–H and O–H groups in total. The molecule has 0 aromatic rings. The van der Waals surface area contributed by atoms with Crippen molar-refractivity contribution in [3.63, 3.8) is 0 Å². The zero-order valence-electron chi connectivity index (χ0n) is 15.0.